The predicted molar refractivity (Wildman–Crippen MR) is 138 cm³/mol. The van der Waals surface area contributed by atoms with E-state index in [0.29, 0.717) is 26.5 Å². The van der Waals surface area contributed by atoms with Gasteiger partial charge in [0.05, 0.1) is 25.8 Å². The van der Waals surface area contributed by atoms with Gasteiger partial charge >= 0.3 is 0 Å². The fourth-order valence-corrected chi connectivity index (χ4v) is 6.20. The molecule has 2 aromatic rings. The van der Waals surface area contributed by atoms with Crippen LogP contribution in [-0.4, -0.2) is 16.8 Å². The fraction of sp³-hybridized carbons (Fsp3) is 0.111. The highest BCUT2D eigenvalue weighted by Gasteiger charge is 2.33. The lowest BCUT2D eigenvalue weighted by Crippen LogP contribution is -2.27. The van der Waals surface area contributed by atoms with Crippen LogP contribution in [0.5, 0.6) is 5.75 Å². The highest BCUT2D eigenvalue weighted by atomic mass is 127. The van der Waals surface area contributed by atoms with Gasteiger partial charge in [-0.05, 0) is 104 Å². The highest BCUT2D eigenvalue weighted by molar-refractivity contribution is 14.1. The fourth-order valence-electron chi connectivity index (χ4n) is 2.44. The molecule has 27 heavy (non-hydrogen) atoms. The number of amides is 1. The SMILES string of the molecule is CCOc1c(I)cc(I)cc1/C=C1/SC(=S)N(c2ccc(Br)c(Cl)c2)C1=O. The second-order valence-electron chi connectivity index (χ2n) is 5.35. The molecular formula is C18H11BrClI2NO2S2. The Hall–Kier alpha value is 0.120. The number of hydrogen-bond acceptors (Lipinski definition) is 4. The van der Waals surface area contributed by atoms with E-state index in [1.54, 1.807) is 12.1 Å². The zero-order valence-electron chi connectivity index (χ0n) is 13.8. The molecule has 0 spiro atoms. The van der Waals surface area contributed by atoms with E-state index in [-0.39, 0.29) is 5.91 Å². The van der Waals surface area contributed by atoms with Gasteiger partial charge in [0.15, 0.2) is 4.32 Å². The van der Waals surface area contributed by atoms with Gasteiger partial charge in [-0.1, -0.05) is 35.6 Å². The van der Waals surface area contributed by atoms with Crippen molar-refractivity contribution < 1.29 is 9.53 Å². The molecule has 3 nitrogen and oxygen atoms in total. The lowest BCUT2D eigenvalue weighted by molar-refractivity contribution is -0.113. The first-order valence-electron chi connectivity index (χ1n) is 7.66. The van der Waals surface area contributed by atoms with Gasteiger partial charge in [-0.25, -0.2) is 0 Å². The summed E-state index contributed by atoms with van der Waals surface area (Å²) in [6, 6.07) is 9.37. The summed E-state index contributed by atoms with van der Waals surface area (Å²) >= 11 is 20.8. The van der Waals surface area contributed by atoms with Crippen LogP contribution in [0.3, 0.4) is 0 Å². The van der Waals surface area contributed by atoms with Crippen molar-refractivity contribution in [3.63, 3.8) is 0 Å². The van der Waals surface area contributed by atoms with E-state index in [1.165, 1.54) is 16.7 Å². The Kier molecular flexibility index (Phi) is 7.51. The Morgan fingerprint density at radius 1 is 1.33 bits per heavy atom. The van der Waals surface area contributed by atoms with Crippen LogP contribution in [-0.2, 0) is 4.79 Å². The third-order valence-electron chi connectivity index (χ3n) is 3.57. The van der Waals surface area contributed by atoms with Gasteiger partial charge in [0, 0.05) is 13.6 Å². The van der Waals surface area contributed by atoms with E-state index in [2.05, 4.69) is 61.1 Å². The number of rotatable bonds is 4. The van der Waals surface area contributed by atoms with Gasteiger partial charge in [-0.15, -0.1) is 0 Å². The molecule has 1 amide bonds. The Morgan fingerprint density at radius 2 is 2.07 bits per heavy atom. The van der Waals surface area contributed by atoms with Crippen LogP contribution in [0.1, 0.15) is 12.5 Å². The summed E-state index contributed by atoms with van der Waals surface area (Å²) < 4.78 is 9.11. The number of anilines is 1. The Bertz CT molecular complexity index is 984. The van der Waals surface area contributed by atoms with Crippen LogP contribution in [0, 0.1) is 7.14 Å². The molecule has 1 saturated heterocycles. The van der Waals surface area contributed by atoms with Crippen LogP contribution in [0.15, 0.2) is 39.7 Å². The topological polar surface area (TPSA) is 29.5 Å². The maximum atomic E-state index is 13.0. The van der Waals surface area contributed by atoms with Crippen molar-refractivity contribution in [2.24, 2.45) is 0 Å². The lowest BCUT2D eigenvalue weighted by atomic mass is 10.2. The van der Waals surface area contributed by atoms with Crippen molar-refractivity contribution in [1.82, 2.24) is 0 Å². The number of thioether (sulfide) groups is 1. The number of halogens is 4. The Labute approximate surface area is 207 Å². The number of carbonyl (C=O) groups excluding carboxylic acids is 1. The van der Waals surface area contributed by atoms with Crippen LogP contribution < -0.4 is 9.64 Å². The molecule has 0 bridgehead atoms. The monoisotopic (exact) mass is 705 g/mol. The first kappa shape index (κ1) is 21.8. The van der Waals surface area contributed by atoms with Crippen molar-refractivity contribution in [1.29, 1.82) is 0 Å². The van der Waals surface area contributed by atoms with E-state index in [1.807, 2.05) is 31.2 Å². The zero-order chi connectivity index (χ0) is 19.7. The second kappa shape index (κ2) is 9.29. The number of thiocarbonyl (C=S) groups is 1. The van der Waals surface area contributed by atoms with Gasteiger partial charge in [0.25, 0.3) is 5.91 Å². The molecular weight excluding hydrogens is 696 g/mol. The highest BCUT2D eigenvalue weighted by Crippen LogP contribution is 2.39. The second-order valence-corrected chi connectivity index (χ2v) is 10.7. The number of ether oxygens (including phenoxy) is 1. The minimum absolute atomic E-state index is 0.167. The number of carbonyl (C=O) groups is 1. The van der Waals surface area contributed by atoms with Crippen molar-refractivity contribution in [2.45, 2.75) is 6.92 Å². The normalized spacial score (nSPS) is 15.7. The average molecular weight is 707 g/mol. The van der Waals surface area contributed by atoms with E-state index in [9.17, 15) is 4.79 Å². The quantitative estimate of drug-likeness (QED) is 0.193. The van der Waals surface area contributed by atoms with Gasteiger partial charge in [0.1, 0.15) is 5.75 Å². The molecule has 0 N–H and O–H groups in total. The molecule has 1 aliphatic heterocycles. The van der Waals surface area contributed by atoms with Crippen LogP contribution >= 0.6 is 96.7 Å². The molecule has 140 valence electrons. The molecule has 0 atom stereocenters. The van der Waals surface area contributed by atoms with Crippen LogP contribution in [0.25, 0.3) is 6.08 Å². The third-order valence-corrected chi connectivity index (χ3v) is 7.53. The van der Waals surface area contributed by atoms with Crippen molar-refractivity contribution in [2.75, 3.05) is 11.5 Å². The molecule has 0 aromatic heterocycles. The Balaban J connectivity index is 2.01. The molecule has 2 aromatic carbocycles. The van der Waals surface area contributed by atoms with Gasteiger partial charge in [-0.2, -0.15) is 0 Å². The van der Waals surface area contributed by atoms with Gasteiger partial charge in [0.2, 0.25) is 0 Å². The van der Waals surface area contributed by atoms with Crippen LogP contribution in [0.2, 0.25) is 5.02 Å². The molecule has 0 unspecified atom stereocenters. The third kappa shape index (κ3) is 4.82. The lowest BCUT2D eigenvalue weighted by Gasteiger charge is -2.15. The van der Waals surface area contributed by atoms with Crippen molar-refractivity contribution in [3.05, 3.63) is 57.4 Å². The van der Waals surface area contributed by atoms with E-state index < -0.39 is 0 Å². The standard InChI is InChI=1S/C18H11BrClI2NO2S2/c1-2-25-16-9(5-10(21)7-14(16)22)6-15-17(24)23(18(26)27-15)11-3-4-12(19)13(20)8-11/h3-8H,2H2,1H3/b15-6+. The summed E-state index contributed by atoms with van der Waals surface area (Å²) in [5.41, 5.74) is 1.51. The molecule has 1 heterocycles. The number of hydrogen-bond donors (Lipinski definition) is 0. The first-order chi connectivity index (χ1) is 12.8. The van der Waals surface area contributed by atoms with Crippen molar-refractivity contribution in [3.8, 4) is 5.75 Å². The minimum atomic E-state index is -0.167. The smallest absolute Gasteiger partial charge is 0.270 e. The molecule has 0 aliphatic carbocycles. The summed E-state index contributed by atoms with van der Waals surface area (Å²) in [4.78, 5) is 15.1. The molecule has 0 radical (unpaired) electrons. The van der Waals surface area contributed by atoms with E-state index in [0.717, 1.165) is 22.9 Å². The molecule has 0 saturated carbocycles. The summed E-state index contributed by atoms with van der Waals surface area (Å²) in [5, 5.41) is 0.524. The summed E-state index contributed by atoms with van der Waals surface area (Å²) in [7, 11) is 0. The molecule has 9 heteroatoms. The van der Waals surface area contributed by atoms with E-state index >= 15 is 0 Å². The largest absolute Gasteiger partial charge is 0.492 e. The Morgan fingerprint density at radius 3 is 2.74 bits per heavy atom. The predicted octanol–water partition coefficient (Wildman–Crippen LogP) is 7.12. The maximum absolute atomic E-state index is 13.0. The summed E-state index contributed by atoms with van der Waals surface area (Å²) in [6.45, 7) is 2.49. The minimum Gasteiger partial charge on any atom is -0.492 e. The summed E-state index contributed by atoms with van der Waals surface area (Å²) in [5.74, 6) is 0.607. The van der Waals surface area contributed by atoms with Gasteiger partial charge < -0.3 is 4.74 Å². The maximum Gasteiger partial charge on any atom is 0.270 e. The first-order valence-corrected chi connectivity index (χ1v) is 12.2. The van der Waals surface area contributed by atoms with Crippen LogP contribution in [0.4, 0.5) is 5.69 Å². The van der Waals surface area contributed by atoms with Crippen molar-refractivity contribution >= 4 is 119 Å². The van der Waals surface area contributed by atoms with Gasteiger partial charge in [-0.3, -0.25) is 9.69 Å². The molecule has 1 aliphatic rings. The number of benzene rings is 2. The molecule has 3 rings (SSSR count). The molecule has 1 fully saturated rings. The average Bonchev–Trinajstić information content (AvgIpc) is 2.87. The number of nitrogens with zero attached hydrogens (tertiary/aromatic N) is 1. The van der Waals surface area contributed by atoms with E-state index in [4.69, 9.17) is 28.6 Å². The summed E-state index contributed by atoms with van der Waals surface area (Å²) in [6.07, 6.45) is 1.84. The zero-order valence-corrected chi connectivity index (χ0v) is 22.1.